The fourth-order valence-electron chi connectivity index (χ4n) is 2.77. The van der Waals surface area contributed by atoms with E-state index < -0.39 is 0 Å². The Balaban J connectivity index is 1.55. The molecule has 2 N–H and O–H groups in total. The zero-order chi connectivity index (χ0) is 21.0. The summed E-state index contributed by atoms with van der Waals surface area (Å²) in [4.78, 5) is 26.5. The van der Waals surface area contributed by atoms with Gasteiger partial charge in [-0.25, -0.2) is 0 Å². The van der Waals surface area contributed by atoms with Crippen molar-refractivity contribution in [1.82, 2.24) is 10.2 Å². The summed E-state index contributed by atoms with van der Waals surface area (Å²) in [6.07, 6.45) is 1.73. The molecular formula is C21H20BrN3O2S2. The molecule has 0 atom stereocenters. The Morgan fingerprint density at radius 3 is 2.72 bits per heavy atom. The van der Waals surface area contributed by atoms with Crippen molar-refractivity contribution in [3.05, 3.63) is 68.5 Å². The second-order valence-corrected chi connectivity index (χ2v) is 8.83. The first kappa shape index (κ1) is 21.5. The Hall–Kier alpha value is -2.16. The number of thioether (sulfide) groups is 1. The highest BCUT2D eigenvalue weighted by atomic mass is 79.9. The Labute approximate surface area is 188 Å². The number of halogens is 1. The van der Waals surface area contributed by atoms with E-state index in [-0.39, 0.29) is 17.7 Å². The van der Waals surface area contributed by atoms with Crippen LogP contribution in [0.2, 0.25) is 0 Å². The van der Waals surface area contributed by atoms with Gasteiger partial charge in [0, 0.05) is 23.2 Å². The lowest BCUT2D eigenvalue weighted by Crippen LogP contribution is -2.38. The minimum Gasteiger partial charge on any atom is -0.361 e. The van der Waals surface area contributed by atoms with E-state index in [1.807, 2.05) is 56.3 Å². The monoisotopic (exact) mass is 489 g/mol. The van der Waals surface area contributed by atoms with Crippen molar-refractivity contribution >= 4 is 67.9 Å². The standard InChI is InChI=1S/C21H20BrN3O2S2/c1-13-5-3-8-17(14(13)2)24-20(28)23-9-10-25-19(26)18(29-21(25)27)12-15-6-4-7-16(22)11-15/h3-8,11-12H,9-10H2,1-2H3,(H2,23,24,28)/b18-12-. The van der Waals surface area contributed by atoms with Crippen LogP contribution in [-0.2, 0) is 4.79 Å². The smallest absolute Gasteiger partial charge is 0.293 e. The Morgan fingerprint density at radius 2 is 1.97 bits per heavy atom. The van der Waals surface area contributed by atoms with Crippen molar-refractivity contribution in [3.63, 3.8) is 0 Å². The maximum absolute atomic E-state index is 12.6. The average Bonchev–Trinajstić information content (AvgIpc) is 2.93. The van der Waals surface area contributed by atoms with Gasteiger partial charge in [0.15, 0.2) is 5.11 Å². The summed E-state index contributed by atoms with van der Waals surface area (Å²) in [5, 5.41) is 6.40. The second kappa shape index (κ2) is 9.56. The lowest BCUT2D eigenvalue weighted by Gasteiger charge is -2.16. The van der Waals surface area contributed by atoms with Crippen LogP contribution >= 0.6 is 39.9 Å². The molecule has 2 amide bonds. The third kappa shape index (κ3) is 5.46. The normalized spacial score (nSPS) is 15.1. The zero-order valence-electron chi connectivity index (χ0n) is 16.0. The summed E-state index contributed by atoms with van der Waals surface area (Å²) in [7, 11) is 0. The number of hydrogen-bond acceptors (Lipinski definition) is 4. The Kier molecular flexibility index (Phi) is 7.10. The van der Waals surface area contributed by atoms with E-state index in [0.29, 0.717) is 16.6 Å². The summed E-state index contributed by atoms with van der Waals surface area (Å²) in [5.41, 5.74) is 4.10. The lowest BCUT2D eigenvalue weighted by atomic mass is 10.1. The number of benzene rings is 2. The fourth-order valence-corrected chi connectivity index (χ4v) is 4.27. The van der Waals surface area contributed by atoms with Crippen LogP contribution in [0.25, 0.3) is 6.08 Å². The van der Waals surface area contributed by atoms with Crippen molar-refractivity contribution in [2.24, 2.45) is 0 Å². The van der Waals surface area contributed by atoms with Crippen molar-refractivity contribution in [3.8, 4) is 0 Å². The summed E-state index contributed by atoms with van der Waals surface area (Å²) in [6, 6.07) is 13.5. The number of thiocarbonyl (C=S) groups is 1. The molecule has 2 aromatic carbocycles. The first-order chi connectivity index (χ1) is 13.8. The van der Waals surface area contributed by atoms with Crippen molar-refractivity contribution < 1.29 is 9.59 Å². The van der Waals surface area contributed by atoms with Gasteiger partial charge in [0.1, 0.15) is 0 Å². The molecule has 29 heavy (non-hydrogen) atoms. The number of hydrogen-bond donors (Lipinski definition) is 2. The summed E-state index contributed by atoms with van der Waals surface area (Å²) in [6.45, 7) is 4.69. The van der Waals surface area contributed by atoms with Gasteiger partial charge in [-0.3, -0.25) is 14.5 Å². The molecule has 0 saturated carbocycles. The maximum Gasteiger partial charge on any atom is 0.293 e. The molecule has 0 spiro atoms. The predicted octanol–water partition coefficient (Wildman–Crippen LogP) is 5.09. The van der Waals surface area contributed by atoms with Gasteiger partial charge >= 0.3 is 0 Å². The molecule has 0 aliphatic carbocycles. The largest absolute Gasteiger partial charge is 0.361 e. The van der Waals surface area contributed by atoms with Gasteiger partial charge in [0.2, 0.25) is 0 Å². The van der Waals surface area contributed by atoms with Gasteiger partial charge in [-0.1, -0.05) is 40.2 Å². The molecule has 0 radical (unpaired) electrons. The molecule has 150 valence electrons. The van der Waals surface area contributed by atoms with Gasteiger partial charge in [-0.15, -0.1) is 0 Å². The number of aryl methyl sites for hydroxylation is 1. The van der Waals surface area contributed by atoms with Crippen LogP contribution in [0.3, 0.4) is 0 Å². The third-order valence-electron chi connectivity index (χ3n) is 4.49. The molecule has 2 aromatic rings. The molecule has 5 nitrogen and oxygen atoms in total. The van der Waals surface area contributed by atoms with E-state index >= 15 is 0 Å². The average molecular weight is 490 g/mol. The van der Waals surface area contributed by atoms with E-state index in [4.69, 9.17) is 12.2 Å². The topological polar surface area (TPSA) is 61.4 Å². The zero-order valence-corrected chi connectivity index (χ0v) is 19.2. The molecule has 0 aromatic heterocycles. The Bertz CT molecular complexity index is 1010. The molecule has 1 saturated heterocycles. The van der Waals surface area contributed by atoms with Crippen LogP contribution in [0.4, 0.5) is 10.5 Å². The van der Waals surface area contributed by atoms with Crippen molar-refractivity contribution in [2.45, 2.75) is 13.8 Å². The van der Waals surface area contributed by atoms with Gasteiger partial charge < -0.3 is 10.6 Å². The first-order valence-corrected chi connectivity index (χ1v) is 11.0. The van der Waals surface area contributed by atoms with Gasteiger partial charge in [-0.2, -0.15) is 0 Å². The van der Waals surface area contributed by atoms with Crippen molar-refractivity contribution in [1.29, 1.82) is 0 Å². The number of nitrogens with zero attached hydrogens (tertiary/aromatic N) is 1. The minimum atomic E-state index is -0.282. The summed E-state index contributed by atoms with van der Waals surface area (Å²) in [5.74, 6) is -0.282. The summed E-state index contributed by atoms with van der Waals surface area (Å²) < 4.78 is 0.916. The van der Waals surface area contributed by atoms with Gasteiger partial charge in [0.25, 0.3) is 11.1 Å². The lowest BCUT2D eigenvalue weighted by molar-refractivity contribution is -0.122. The van der Waals surface area contributed by atoms with E-state index in [0.717, 1.165) is 33.0 Å². The van der Waals surface area contributed by atoms with Crippen LogP contribution in [0, 0.1) is 13.8 Å². The fraction of sp³-hybridized carbons (Fsp3) is 0.190. The molecule has 1 aliphatic heterocycles. The number of rotatable bonds is 5. The molecule has 1 aliphatic rings. The van der Waals surface area contributed by atoms with Crippen molar-refractivity contribution in [2.75, 3.05) is 18.4 Å². The molecular weight excluding hydrogens is 470 g/mol. The molecule has 3 rings (SSSR count). The first-order valence-electron chi connectivity index (χ1n) is 8.97. The number of carbonyl (C=O) groups is 2. The molecule has 0 bridgehead atoms. The van der Waals surface area contributed by atoms with E-state index in [9.17, 15) is 9.59 Å². The highest BCUT2D eigenvalue weighted by Gasteiger charge is 2.34. The molecule has 1 heterocycles. The number of amides is 2. The van der Waals surface area contributed by atoms with Gasteiger partial charge in [0.05, 0.1) is 4.91 Å². The van der Waals surface area contributed by atoms with E-state index in [1.54, 1.807) is 6.08 Å². The summed E-state index contributed by atoms with van der Waals surface area (Å²) >= 11 is 9.69. The number of nitrogens with one attached hydrogen (secondary N) is 2. The predicted molar refractivity (Wildman–Crippen MR) is 127 cm³/mol. The second-order valence-electron chi connectivity index (χ2n) is 6.52. The third-order valence-corrected chi connectivity index (χ3v) is 6.14. The molecule has 0 unspecified atom stereocenters. The van der Waals surface area contributed by atoms with Crippen LogP contribution in [0.15, 0.2) is 51.8 Å². The van der Waals surface area contributed by atoms with Gasteiger partial charge in [-0.05, 0) is 78.8 Å². The minimum absolute atomic E-state index is 0.245. The number of carbonyl (C=O) groups excluding carboxylic acids is 2. The van der Waals surface area contributed by atoms with Crippen LogP contribution < -0.4 is 10.6 Å². The van der Waals surface area contributed by atoms with E-state index in [2.05, 4.69) is 26.6 Å². The van der Waals surface area contributed by atoms with Crippen LogP contribution in [-0.4, -0.2) is 34.2 Å². The highest BCUT2D eigenvalue weighted by Crippen LogP contribution is 2.32. The quantitative estimate of drug-likeness (QED) is 0.450. The highest BCUT2D eigenvalue weighted by molar-refractivity contribution is 9.10. The molecule has 8 heteroatoms. The number of anilines is 1. The SMILES string of the molecule is Cc1cccc(NC(=S)NCCN2C(=O)S/C(=C\c3cccc(Br)c3)C2=O)c1C. The van der Waals surface area contributed by atoms with E-state index in [1.165, 1.54) is 10.5 Å². The molecule has 1 fully saturated rings. The maximum atomic E-state index is 12.6. The number of imide groups is 1. The van der Waals surface area contributed by atoms with Crippen LogP contribution in [0.1, 0.15) is 16.7 Å². The van der Waals surface area contributed by atoms with Crippen LogP contribution in [0.5, 0.6) is 0 Å². The Morgan fingerprint density at radius 1 is 1.21 bits per heavy atom.